The van der Waals surface area contributed by atoms with Gasteiger partial charge in [0.1, 0.15) is 0 Å². The van der Waals surface area contributed by atoms with Gasteiger partial charge in [-0.1, -0.05) is 318 Å². The van der Waals surface area contributed by atoms with Crippen LogP contribution in [0.4, 0.5) is 0 Å². The first-order valence-electron chi connectivity index (χ1n) is 32.2. The third-order valence-corrected chi connectivity index (χ3v) is 14.6. The predicted octanol–water partition coefficient (Wildman–Crippen LogP) is 21.7. The number of carbonyl (C=O) groups is 1. The van der Waals surface area contributed by atoms with Gasteiger partial charge in [0.25, 0.3) is 0 Å². The third kappa shape index (κ3) is 58.7. The maximum atomic E-state index is 12.5. The summed E-state index contributed by atoms with van der Waals surface area (Å²) in [6.45, 7) is 4.31. The van der Waals surface area contributed by atoms with Crippen molar-refractivity contribution in [2.45, 2.75) is 347 Å². The molecule has 0 aliphatic carbocycles. The topological polar surface area (TPSA) is 69.6 Å². The van der Waals surface area contributed by atoms with E-state index in [2.05, 4.69) is 79.9 Å². The molecule has 420 valence electrons. The molecule has 0 bridgehead atoms. The standard InChI is InChI=1S/C68H125NO3/c1-3-5-7-9-11-13-15-17-19-21-23-25-27-29-30-31-32-33-34-35-36-37-38-40-42-44-46-48-50-52-54-56-58-60-62-64-68(72)69-66(65-70)67(71)63-61-59-57-55-53-51-49-47-45-43-41-39-28-26-24-22-20-18-16-14-12-10-8-6-4-2/h15,17,21,23,27,29,45,47,53,55,61,63,66-67,70-71H,3-14,16,18-20,22,24-26,28,30-44,46,48-52,54,56-60,62,64-65H2,1-2H3,(H,69,72)/b17-15-,23-21-,29-27-,47-45+,55-53+,63-61+. The van der Waals surface area contributed by atoms with Gasteiger partial charge in [-0.3, -0.25) is 4.79 Å². The van der Waals surface area contributed by atoms with E-state index in [1.165, 1.54) is 263 Å². The SMILES string of the molecule is CCCCCCC/C=C\C/C=C\C/C=C\CCCCCCCCCCCCCCCCCCCCCCC(=O)NC(CO)C(O)/C=C/CC/C=C/CC/C=C/CCCCCCCCCCCCCCCCC. The van der Waals surface area contributed by atoms with Gasteiger partial charge in [-0.2, -0.15) is 0 Å². The highest BCUT2D eigenvalue weighted by molar-refractivity contribution is 5.76. The lowest BCUT2D eigenvalue weighted by atomic mass is 10.0. The molecule has 0 saturated carbocycles. The van der Waals surface area contributed by atoms with Gasteiger partial charge in [0, 0.05) is 6.42 Å². The van der Waals surface area contributed by atoms with Crippen molar-refractivity contribution in [2.75, 3.05) is 6.61 Å². The second-order valence-corrected chi connectivity index (χ2v) is 21.8. The van der Waals surface area contributed by atoms with Crippen molar-refractivity contribution in [3.05, 3.63) is 72.9 Å². The maximum Gasteiger partial charge on any atom is 0.220 e. The van der Waals surface area contributed by atoms with Crippen LogP contribution in [0.3, 0.4) is 0 Å². The number of aliphatic hydroxyl groups is 2. The lowest BCUT2D eigenvalue weighted by Gasteiger charge is -2.19. The molecule has 0 saturated heterocycles. The third-order valence-electron chi connectivity index (χ3n) is 14.6. The normalized spacial score (nSPS) is 13.2. The molecule has 0 heterocycles. The number of rotatable bonds is 59. The summed E-state index contributed by atoms with van der Waals surface area (Å²) < 4.78 is 0. The van der Waals surface area contributed by atoms with E-state index in [-0.39, 0.29) is 12.5 Å². The van der Waals surface area contributed by atoms with Crippen LogP contribution in [0.5, 0.6) is 0 Å². The van der Waals surface area contributed by atoms with E-state index in [4.69, 9.17) is 0 Å². The monoisotopic (exact) mass is 1000 g/mol. The molecule has 0 fully saturated rings. The average molecular weight is 1000 g/mol. The van der Waals surface area contributed by atoms with E-state index in [9.17, 15) is 15.0 Å². The van der Waals surface area contributed by atoms with E-state index in [1.807, 2.05) is 6.08 Å². The number of hydrogen-bond donors (Lipinski definition) is 3. The summed E-state index contributed by atoms with van der Waals surface area (Å²) in [6, 6.07) is -0.648. The summed E-state index contributed by atoms with van der Waals surface area (Å²) in [6.07, 6.45) is 91.0. The fourth-order valence-corrected chi connectivity index (χ4v) is 9.75. The quantitative estimate of drug-likeness (QED) is 0.0420. The summed E-state index contributed by atoms with van der Waals surface area (Å²) in [5.41, 5.74) is 0. The minimum absolute atomic E-state index is 0.0741. The summed E-state index contributed by atoms with van der Waals surface area (Å²) in [4.78, 5) is 12.5. The van der Waals surface area contributed by atoms with Crippen LogP contribution < -0.4 is 5.32 Å². The molecule has 0 radical (unpaired) electrons. The number of nitrogens with one attached hydrogen (secondary N) is 1. The van der Waals surface area contributed by atoms with Gasteiger partial charge in [0.15, 0.2) is 0 Å². The van der Waals surface area contributed by atoms with Gasteiger partial charge in [-0.25, -0.2) is 0 Å². The van der Waals surface area contributed by atoms with Crippen LogP contribution in [0.2, 0.25) is 0 Å². The fourth-order valence-electron chi connectivity index (χ4n) is 9.75. The minimum atomic E-state index is -0.873. The molecule has 0 aliphatic rings. The molecular weight excluding hydrogens is 879 g/mol. The Kier molecular flexibility index (Phi) is 61.2. The van der Waals surface area contributed by atoms with E-state index < -0.39 is 12.1 Å². The van der Waals surface area contributed by atoms with Crippen molar-refractivity contribution < 1.29 is 15.0 Å². The molecule has 3 N–H and O–H groups in total. The number of unbranched alkanes of at least 4 members (excludes halogenated alkanes) is 42. The van der Waals surface area contributed by atoms with Crippen molar-refractivity contribution in [3.8, 4) is 0 Å². The van der Waals surface area contributed by atoms with Crippen molar-refractivity contribution in [1.82, 2.24) is 5.32 Å². The van der Waals surface area contributed by atoms with Crippen molar-refractivity contribution in [1.29, 1.82) is 0 Å². The Balaban J connectivity index is 3.50. The molecular formula is C68H125NO3. The molecule has 2 unspecified atom stereocenters. The number of amides is 1. The molecule has 4 heteroatoms. The van der Waals surface area contributed by atoms with Gasteiger partial charge in [-0.15, -0.1) is 0 Å². The molecule has 0 aromatic heterocycles. The number of allylic oxidation sites excluding steroid dienone is 11. The zero-order valence-corrected chi connectivity index (χ0v) is 48.4. The molecule has 0 rings (SSSR count). The highest BCUT2D eigenvalue weighted by Gasteiger charge is 2.18. The second kappa shape index (κ2) is 63.1. The highest BCUT2D eigenvalue weighted by Crippen LogP contribution is 2.17. The Morgan fingerprint density at radius 1 is 0.333 bits per heavy atom. The van der Waals surface area contributed by atoms with Crippen LogP contribution in [0.1, 0.15) is 335 Å². The van der Waals surface area contributed by atoms with Gasteiger partial charge in [0.05, 0.1) is 18.8 Å². The Labute approximate surface area is 450 Å². The van der Waals surface area contributed by atoms with Gasteiger partial charge < -0.3 is 15.5 Å². The highest BCUT2D eigenvalue weighted by atomic mass is 16.3. The zero-order valence-electron chi connectivity index (χ0n) is 48.4. The minimum Gasteiger partial charge on any atom is -0.394 e. The van der Waals surface area contributed by atoms with Gasteiger partial charge >= 0.3 is 0 Å². The first kappa shape index (κ1) is 69.8. The van der Waals surface area contributed by atoms with E-state index >= 15 is 0 Å². The molecule has 0 aromatic rings. The number of hydrogen-bond acceptors (Lipinski definition) is 3. The van der Waals surface area contributed by atoms with Gasteiger partial charge in [-0.05, 0) is 83.5 Å². The van der Waals surface area contributed by atoms with Crippen LogP contribution >= 0.6 is 0 Å². The number of aliphatic hydroxyl groups excluding tert-OH is 2. The summed E-state index contributed by atoms with van der Waals surface area (Å²) >= 11 is 0. The molecule has 1 amide bonds. The lowest BCUT2D eigenvalue weighted by Crippen LogP contribution is -2.45. The Morgan fingerprint density at radius 3 is 0.903 bits per heavy atom. The molecule has 2 atom stereocenters. The predicted molar refractivity (Wildman–Crippen MR) is 322 cm³/mol. The van der Waals surface area contributed by atoms with Crippen LogP contribution in [0.25, 0.3) is 0 Å². The number of carbonyl (C=O) groups excluding carboxylic acids is 1. The maximum absolute atomic E-state index is 12.5. The van der Waals surface area contributed by atoms with Crippen molar-refractivity contribution in [2.24, 2.45) is 0 Å². The molecule has 4 nitrogen and oxygen atoms in total. The Morgan fingerprint density at radius 2 is 0.583 bits per heavy atom. The molecule has 0 spiro atoms. The zero-order chi connectivity index (χ0) is 52.0. The van der Waals surface area contributed by atoms with Crippen molar-refractivity contribution in [3.63, 3.8) is 0 Å². The first-order chi connectivity index (χ1) is 35.7. The van der Waals surface area contributed by atoms with Crippen LogP contribution in [-0.4, -0.2) is 34.9 Å². The van der Waals surface area contributed by atoms with E-state index in [0.717, 1.165) is 51.4 Å². The van der Waals surface area contributed by atoms with Gasteiger partial charge in [0.2, 0.25) is 5.91 Å². The second-order valence-electron chi connectivity index (χ2n) is 21.8. The van der Waals surface area contributed by atoms with Crippen LogP contribution in [0, 0.1) is 0 Å². The Bertz CT molecular complexity index is 1230. The van der Waals surface area contributed by atoms with Crippen molar-refractivity contribution >= 4 is 5.91 Å². The summed E-state index contributed by atoms with van der Waals surface area (Å²) in [5, 5.41) is 23.2. The fraction of sp³-hybridized carbons (Fsp3) is 0.809. The van der Waals surface area contributed by atoms with Crippen LogP contribution in [0.15, 0.2) is 72.9 Å². The largest absolute Gasteiger partial charge is 0.394 e. The van der Waals surface area contributed by atoms with Crippen LogP contribution in [-0.2, 0) is 4.79 Å². The summed E-state index contributed by atoms with van der Waals surface area (Å²) in [5.74, 6) is -0.0741. The summed E-state index contributed by atoms with van der Waals surface area (Å²) in [7, 11) is 0. The average Bonchev–Trinajstić information content (AvgIpc) is 3.39. The lowest BCUT2D eigenvalue weighted by molar-refractivity contribution is -0.123. The molecule has 0 aromatic carbocycles. The first-order valence-corrected chi connectivity index (χ1v) is 32.2. The Hall–Kier alpha value is -2.17. The van der Waals surface area contributed by atoms with E-state index in [0.29, 0.717) is 6.42 Å². The molecule has 0 aliphatic heterocycles. The smallest absolute Gasteiger partial charge is 0.220 e. The molecule has 72 heavy (non-hydrogen) atoms. The van der Waals surface area contributed by atoms with E-state index in [1.54, 1.807) is 6.08 Å².